The Bertz CT molecular complexity index is 226. The quantitative estimate of drug-likeness (QED) is 0.622. The van der Waals surface area contributed by atoms with Crippen molar-refractivity contribution in [3.63, 3.8) is 0 Å². The summed E-state index contributed by atoms with van der Waals surface area (Å²) in [5.41, 5.74) is 0. The van der Waals surface area contributed by atoms with Crippen molar-refractivity contribution in [1.82, 2.24) is 0 Å². The van der Waals surface area contributed by atoms with Crippen LogP contribution in [0, 0.1) is 5.92 Å². The third-order valence-electron chi connectivity index (χ3n) is 1.72. The summed E-state index contributed by atoms with van der Waals surface area (Å²) in [7, 11) is 2.96. The normalized spacial score (nSPS) is 18.4. The molecule has 3 heteroatoms. The molecular formula is C9H12O3. The van der Waals surface area contributed by atoms with Crippen LogP contribution in [0.15, 0.2) is 23.7 Å². The first-order valence-electron chi connectivity index (χ1n) is 3.75. The molecular weight excluding hydrogens is 156 g/mol. The lowest BCUT2D eigenvalue weighted by Gasteiger charge is -2.14. The summed E-state index contributed by atoms with van der Waals surface area (Å²) in [6, 6.07) is 0. The second kappa shape index (κ2) is 3.43. The number of hydrogen-bond acceptors (Lipinski definition) is 3. The molecule has 0 spiro atoms. The Morgan fingerprint density at radius 1 is 1.17 bits per heavy atom. The van der Waals surface area contributed by atoms with Gasteiger partial charge >= 0.3 is 0 Å². The number of allylic oxidation sites excluding steroid dienone is 2. The molecule has 0 saturated heterocycles. The van der Waals surface area contributed by atoms with Gasteiger partial charge in [0, 0.05) is 0 Å². The third-order valence-corrected chi connectivity index (χ3v) is 1.72. The van der Waals surface area contributed by atoms with Gasteiger partial charge in [0.25, 0.3) is 5.78 Å². The molecule has 0 aliphatic heterocycles. The molecule has 0 aromatic carbocycles. The number of methoxy groups -OCH3 is 2. The number of Topliss-reactive ketones (excluding diaryl/α,β-unsaturated/α-hetero) is 1. The van der Waals surface area contributed by atoms with Crippen LogP contribution in [0.25, 0.3) is 0 Å². The predicted molar refractivity (Wildman–Crippen MR) is 44.4 cm³/mol. The van der Waals surface area contributed by atoms with E-state index in [0.29, 0.717) is 11.5 Å². The number of ketones is 1. The fraction of sp³-hybridized carbons (Fsp3) is 0.444. The molecule has 0 atom stereocenters. The van der Waals surface area contributed by atoms with E-state index in [2.05, 4.69) is 0 Å². The lowest BCUT2D eigenvalue weighted by atomic mass is 10.0. The molecule has 0 aromatic heterocycles. The summed E-state index contributed by atoms with van der Waals surface area (Å²) < 4.78 is 9.79. The largest absolute Gasteiger partial charge is 0.493 e. The average Bonchev–Trinajstić information content (AvgIpc) is 2.08. The van der Waals surface area contributed by atoms with Gasteiger partial charge in [-0.15, -0.1) is 0 Å². The van der Waals surface area contributed by atoms with Crippen molar-refractivity contribution in [2.75, 3.05) is 14.2 Å². The standard InChI is InChI=1S/C9H12O3/c1-6-4-7(11-2)9(10)8(5-6)12-3/h4-6H,1-3H3. The summed E-state index contributed by atoms with van der Waals surface area (Å²) in [4.78, 5) is 11.3. The number of carbonyl (C=O) groups excluding carboxylic acids is 1. The van der Waals surface area contributed by atoms with E-state index in [1.807, 2.05) is 6.92 Å². The third kappa shape index (κ3) is 1.49. The molecule has 0 unspecified atom stereocenters. The lowest BCUT2D eigenvalue weighted by Crippen LogP contribution is -2.15. The van der Waals surface area contributed by atoms with Crippen LogP contribution >= 0.6 is 0 Å². The number of rotatable bonds is 2. The number of ether oxygens (including phenoxy) is 2. The van der Waals surface area contributed by atoms with Crippen LogP contribution in [0.4, 0.5) is 0 Å². The first-order valence-corrected chi connectivity index (χ1v) is 3.75. The molecule has 1 aliphatic carbocycles. The molecule has 1 rings (SSSR count). The molecule has 12 heavy (non-hydrogen) atoms. The summed E-state index contributed by atoms with van der Waals surface area (Å²) in [5, 5.41) is 0. The van der Waals surface area contributed by atoms with Crippen LogP contribution < -0.4 is 0 Å². The zero-order valence-corrected chi connectivity index (χ0v) is 7.46. The Hall–Kier alpha value is -1.25. The zero-order chi connectivity index (χ0) is 9.14. The molecule has 0 amide bonds. The van der Waals surface area contributed by atoms with Gasteiger partial charge in [0.05, 0.1) is 14.2 Å². The highest BCUT2D eigenvalue weighted by Crippen LogP contribution is 2.19. The maximum absolute atomic E-state index is 11.3. The smallest absolute Gasteiger partial charge is 0.261 e. The van der Waals surface area contributed by atoms with Gasteiger partial charge in [-0.2, -0.15) is 0 Å². The minimum atomic E-state index is -0.182. The minimum Gasteiger partial charge on any atom is -0.493 e. The van der Waals surface area contributed by atoms with E-state index in [1.165, 1.54) is 14.2 Å². The van der Waals surface area contributed by atoms with Gasteiger partial charge in [-0.25, -0.2) is 0 Å². The van der Waals surface area contributed by atoms with Gasteiger partial charge in [-0.05, 0) is 18.1 Å². The van der Waals surface area contributed by atoms with Crippen molar-refractivity contribution < 1.29 is 14.3 Å². The van der Waals surface area contributed by atoms with Crippen molar-refractivity contribution in [2.24, 2.45) is 5.92 Å². The molecule has 3 nitrogen and oxygen atoms in total. The molecule has 1 aliphatic rings. The molecule has 0 saturated carbocycles. The Morgan fingerprint density at radius 2 is 1.58 bits per heavy atom. The van der Waals surface area contributed by atoms with Crippen LogP contribution in [-0.4, -0.2) is 20.0 Å². The minimum absolute atomic E-state index is 0.182. The highest BCUT2D eigenvalue weighted by molar-refractivity contribution is 6.06. The van der Waals surface area contributed by atoms with Gasteiger partial charge in [0.15, 0.2) is 11.5 Å². The highest BCUT2D eigenvalue weighted by atomic mass is 16.5. The van der Waals surface area contributed by atoms with Crippen LogP contribution in [-0.2, 0) is 14.3 Å². The summed E-state index contributed by atoms with van der Waals surface area (Å²) in [6.45, 7) is 1.96. The van der Waals surface area contributed by atoms with Crippen LogP contribution in [0.1, 0.15) is 6.92 Å². The van der Waals surface area contributed by atoms with Crippen molar-refractivity contribution in [3.8, 4) is 0 Å². The van der Waals surface area contributed by atoms with Gasteiger partial charge in [-0.3, -0.25) is 4.79 Å². The molecule has 0 heterocycles. The van der Waals surface area contributed by atoms with Crippen LogP contribution in [0.5, 0.6) is 0 Å². The number of hydrogen-bond donors (Lipinski definition) is 0. The average molecular weight is 168 g/mol. The fourth-order valence-corrected chi connectivity index (χ4v) is 1.12. The van der Waals surface area contributed by atoms with Crippen LogP contribution in [0.3, 0.4) is 0 Å². The first-order chi connectivity index (χ1) is 5.69. The maximum atomic E-state index is 11.3. The fourth-order valence-electron chi connectivity index (χ4n) is 1.12. The molecule has 0 radical (unpaired) electrons. The SMILES string of the molecule is COC1=CC(C)C=C(OC)C1=O. The van der Waals surface area contributed by atoms with Gasteiger partial charge in [0.2, 0.25) is 0 Å². The summed E-state index contributed by atoms with van der Waals surface area (Å²) in [5.74, 6) is 0.731. The van der Waals surface area contributed by atoms with Gasteiger partial charge < -0.3 is 9.47 Å². The van der Waals surface area contributed by atoms with Crippen LogP contribution in [0.2, 0.25) is 0 Å². The van der Waals surface area contributed by atoms with Gasteiger partial charge in [-0.1, -0.05) is 6.92 Å². The van der Waals surface area contributed by atoms with E-state index < -0.39 is 0 Å². The van der Waals surface area contributed by atoms with Crippen molar-refractivity contribution in [2.45, 2.75) is 6.92 Å². The van der Waals surface area contributed by atoms with E-state index in [0.717, 1.165) is 0 Å². The zero-order valence-electron chi connectivity index (χ0n) is 7.46. The Labute approximate surface area is 71.7 Å². The second-order valence-electron chi connectivity index (χ2n) is 2.66. The van der Waals surface area contributed by atoms with Crippen molar-refractivity contribution >= 4 is 5.78 Å². The van der Waals surface area contributed by atoms with Crippen molar-refractivity contribution in [1.29, 1.82) is 0 Å². The van der Waals surface area contributed by atoms with E-state index >= 15 is 0 Å². The van der Waals surface area contributed by atoms with Gasteiger partial charge in [0.1, 0.15) is 0 Å². The Kier molecular flexibility index (Phi) is 2.53. The maximum Gasteiger partial charge on any atom is 0.261 e. The number of carbonyl (C=O) groups is 1. The summed E-state index contributed by atoms with van der Waals surface area (Å²) >= 11 is 0. The molecule has 0 bridgehead atoms. The van der Waals surface area contributed by atoms with E-state index in [1.54, 1.807) is 12.2 Å². The Balaban J connectivity index is 2.90. The molecule has 66 valence electrons. The second-order valence-corrected chi connectivity index (χ2v) is 2.66. The molecule has 0 fully saturated rings. The van der Waals surface area contributed by atoms with E-state index in [9.17, 15) is 4.79 Å². The highest BCUT2D eigenvalue weighted by Gasteiger charge is 2.22. The predicted octanol–water partition coefficient (Wildman–Crippen LogP) is 1.27. The summed E-state index contributed by atoms with van der Waals surface area (Å²) in [6.07, 6.45) is 3.54. The molecule has 0 aromatic rings. The van der Waals surface area contributed by atoms with E-state index in [-0.39, 0.29) is 11.7 Å². The van der Waals surface area contributed by atoms with Crippen molar-refractivity contribution in [3.05, 3.63) is 23.7 Å². The molecule has 0 N–H and O–H groups in total. The topological polar surface area (TPSA) is 35.5 Å². The Morgan fingerprint density at radius 3 is 1.92 bits per heavy atom. The van der Waals surface area contributed by atoms with E-state index in [4.69, 9.17) is 9.47 Å². The lowest BCUT2D eigenvalue weighted by molar-refractivity contribution is -0.118. The monoisotopic (exact) mass is 168 g/mol. The first kappa shape index (κ1) is 8.84.